The fraction of sp³-hybridized carbons (Fsp3) is 0.500. The predicted molar refractivity (Wildman–Crippen MR) is 89.4 cm³/mol. The van der Waals surface area contributed by atoms with Gasteiger partial charge < -0.3 is 9.52 Å². The minimum Gasteiger partial charge on any atom is -0.508 e. The first-order chi connectivity index (χ1) is 10.6. The van der Waals surface area contributed by atoms with E-state index in [2.05, 4.69) is 18.7 Å². The maximum atomic E-state index is 11.8. The topological polar surface area (TPSA) is 53.7 Å². The van der Waals surface area contributed by atoms with Crippen molar-refractivity contribution in [1.29, 1.82) is 0 Å². The van der Waals surface area contributed by atoms with Gasteiger partial charge in [0.2, 0.25) is 0 Å². The van der Waals surface area contributed by atoms with E-state index in [0.717, 1.165) is 55.4 Å². The monoisotopic (exact) mass is 303 g/mol. The summed E-state index contributed by atoms with van der Waals surface area (Å²) in [6, 6.07) is 5.07. The number of aromatic hydroxyl groups is 1. The van der Waals surface area contributed by atoms with Crippen LogP contribution in [0.25, 0.3) is 11.0 Å². The van der Waals surface area contributed by atoms with Crippen molar-refractivity contribution >= 4 is 11.0 Å². The lowest BCUT2D eigenvalue weighted by molar-refractivity contribution is 0.276. The number of aryl methyl sites for hydroxylation is 1. The largest absolute Gasteiger partial charge is 0.508 e. The first-order valence-electron chi connectivity index (χ1n) is 8.10. The molecule has 1 N–H and O–H groups in total. The molecule has 0 saturated carbocycles. The molecule has 1 aromatic heterocycles. The molecule has 0 bridgehead atoms. The minimum absolute atomic E-state index is 0.189. The molecule has 0 unspecified atom stereocenters. The van der Waals surface area contributed by atoms with Gasteiger partial charge in [0.25, 0.3) is 0 Å². The first kappa shape index (κ1) is 16.6. The summed E-state index contributed by atoms with van der Waals surface area (Å²) < 4.78 is 5.24. The predicted octanol–water partition coefficient (Wildman–Crippen LogP) is 3.68. The zero-order valence-corrected chi connectivity index (χ0v) is 13.7. The van der Waals surface area contributed by atoms with Gasteiger partial charge in [0, 0.05) is 24.1 Å². The molecular weight excluding hydrogens is 278 g/mol. The molecule has 22 heavy (non-hydrogen) atoms. The number of unbranched alkanes of at least 4 members (excludes halogenated alkanes) is 1. The minimum atomic E-state index is -0.363. The molecule has 4 nitrogen and oxygen atoms in total. The van der Waals surface area contributed by atoms with Crippen molar-refractivity contribution in [2.75, 3.05) is 13.1 Å². The van der Waals surface area contributed by atoms with Gasteiger partial charge in [0.05, 0.1) is 0 Å². The standard InChI is InChI=1S/C18H25NO3/c1-4-7-8-19(6-3)12-14-10-18(21)22-17-11-16(20)13(5-2)9-15(14)17/h9-11,20H,4-8,12H2,1-3H3. The maximum Gasteiger partial charge on any atom is 0.336 e. The second-order valence-electron chi connectivity index (χ2n) is 5.64. The molecule has 0 spiro atoms. The summed E-state index contributed by atoms with van der Waals surface area (Å²) in [6.07, 6.45) is 3.05. The highest BCUT2D eigenvalue weighted by molar-refractivity contribution is 5.82. The van der Waals surface area contributed by atoms with E-state index in [-0.39, 0.29) is 11.4 Å². The van der Waals surface area contributed by atoms with Crippen LogP contribution in [0.2, 0.25) is 0 Å². The Morgan fingerprint density at radius 3 is 2.55 bits per heavy atom. The summed E-state index contributed by atoms with van der Waals surface area (Å²) in [5.41, 5.74) is 1.94. The Morgan fingerprint density at radius 2 is 1.91 bits per heavy atom. The normalized spacial score (nSPS) is 11.5. The highest BCUT2D eigenvalue weighted by Gasteiger charge is 2.12. The number of hydrogen-bond acceptors (Lipinski definition) is 4. The lowest BCUT2D eigenvalue weighted by Gasteiger charge is -2.21. The first-order valence-corrected chi connectivity index (χ1v) is 8.10. The van der Waals surface area contributed by atoms with Crippen molar-refractivity contribution in [3.05, 3.63) is 39.7 Å². The molecule has 0 aliphatic carbocycles. The molecule has 4 heteroatoms. The highest BCUT2D eigenvalue weighted by Crippen LogP contribution is 2.27. The van der Waals surface area contributed by atoms with Crippen LogP contribution in [0.15, 0.2) is 27.4 Å². The van der Waals surface area contributed by atoms with E-state index in [0.29, 0.717) is 5.58 Å². The van der Waals surface area contributed by atoms with Crippen LogP contribution in [0, 0.1) is 0 Å². The highest BCUT2D eigenvalue weighted by atomic mass is 16.4. The number of fused-ring (bicyclic) bond motifs is 1. The van der Waals surface area contributed by atoms with Crippen molar-refractivity contribution in [2.24, 2.45) is 0 Å². The third kappa shape index (κ3) is 3.69. The molecule has 1 aromatic carbocycles. The Morgan fingerprint density at radius 1 is 1.14 bits per heavy atom. The average molecular weight is 303 g/mol. The molecular formula is C18H25NO3. The molecule has 0 amide bonds. The van der Waals surface area contributed by atoms with Crippen molar-refractivity contribution in [3.8, 4) is 5.75 Å². The molecule has 2 aromatic rings. The van der Waals surface area contributed by atoms with Gasteiger partial charge >= 0.3 is 5.63 Å². The van der Waals surface area contributed by atoms with Crippen molar-refractivity contribution in [3.63, 3.8) is 0 Å². The van der Waals surface area contributed by atoms with Crippen LogP contribution < -0.4 is 5.63 Å². The lowest BCUT2D eigenvalue weighted by atomic mass is 10.0. The quantitative estimate of drug-likeness (QED) is 0.793. The zero-order valence-electron chi connectivity index (χ0n) is 13.7. The molecule has 0 aliphatic heterocycles. The van der Waals surface area contributed by atoms with Crippen LogP contribution in [0.1, 0.15) is 44.7 Å². The lowest BCUT2D eigenvalue weighted by Crippen LogP contribution is -2.24. The van der Waals surface area contributed by atoms with E-state index >= 15 is 0 Å². The van der Waals surface area contributed by atoms with E-state index < -0.39 is 0 Å². The molecule has 0 radical (unpaired) electrons. The van der Waals surface area contributed by atoms with Crippen molar-refractivity contribution in [1.82, 2.24) is 4.90 Å². The second-order valence-corrected chi connectivity index (χ2v) is 5.64. The van der Waals surface area contributed by atoms with Gasteiger partial charge in [-0.2, -0.15) is 0 Å². The van der Waals surface area contributed by atoms with E-state index in [4.69, 9.17) is 4.42 Å². The molecule has 0 atom stereocenters. The van der Waals surface area contributed by atoms with Crippen LogP contribution in [-0.2, 0) is 13.0 Å². The Balaban J connectivity index is 2.45. The molecule has 2 rings (SSSR count). The molecule has 0 fully saturated rings. The summed E-state index contributed by atoms with van der Waals surface area (Å²) in [5, 5.41) is 10.9. The van der Waals surface area contributed by atoms with Gasteiger partial charge in [-0.1, -0.05) is 27.2 Å². The number of benzene rings is 1. The van der Waals surface area contributed by atoms with Crippen LogP contribution in [0.5, 0.6) is 5.75 Å². The Kier molecular flexibility index (Phi) is 5.61. The SMILES string of the molecule is CCCCN(CC)Cc1cc(=O)oc2cc(O)c(CC)cc12. The number of phenolic OH excluding ortho intramolecular Hbond substituents is 1. The zero-order chi connectivity index (χ0) is 16.1. The second kappa shape index (κ2) is 7.45. The fourth-order valence-electron chi connectivity index (χ4n) is 2.69. The summed E-state index contributed by atoms with van der Waals surface area (Å²) in [5.74, 6) is 0.189. The van der Waals surface area contributed by atoms with Crippen molar-refractivity contribution < 1.29 is 9.52 Å². The van der Waals surface area contributed by atoms with Crippen LogP contribution in [0.3, 0.4) is 0 Å². The summed E-state index contributed by atoms with van der Waals surface area (Å²) in [4.78, 5) is 14.1. The maximum absolute atomic E-state index is 11.8. The third-order valence-corrected chi connectivity index (χ3v) is 4.08. The van der Waals surface area contributed by atoms with Crippen LogP contribution in [-0.4, -0.2) is 23.1 Å². The molecule has 0 saturated heterocycles. The Hall–Kier alpha value is -1.81. The third-order valence-electron chi connectivity index (χ3n) is 4.08. The summed E-state index contributed by atoms with van der Waals surface area (Å²) >= 11 is 0. The van der Waals surface area contributed by atoms with E-state index in [1.54, 1.807) is 12.1 Å². The van der Waals surface area contributed by atoms with E-state index in [9.17, 15) is 9.90 Å². The average Bonchev–Trinajstić information content (AvgIpc) is 2.50. The van der Waals surface area contributed by atoms with Gasteiger partial charge in [0.1, 0.15) is 11.3 Å². The van der Waals surface area contributed by atoms with E-state index in [1.807, 2.05) is 13.0 Å². The van der Waals surface area contributed by atoms with Gasteiger partial charge in [-0.05, 0) is 43.1 Å². The van der Waals surface area contributed by atoms with Crippen LogP contribution in [0.4, 0.5) is 0 Å². The van der Waals surface area contributed by atoms with Gasteiger partial charge in [-0.3, -0.25) is 4.90 Å². The summed E-state index contributed by atoms with van der Waals surface area (Å²) in [7, 11) is 0. The Labute approximate surface area is 131 Å². The number of phenols is 1. The molecule has 0 aliphatic rings. The fourth-order valence-corrected chi connectivity index (χ4v) is 2.69. The number of rotatable bonds is 7. The van der Waals surface area contributed by atoms with Gasteiger partial charge in [-0.15, -0.1) is 0 Å². The van der Waals surface area contributed by atoms with Gasteiger partial charge in [-0.25, -0.2) is 4.79 Å². The van der Waals surface area contributed by atoms with E-state index in [1.165, 1.54) is 0 Å². The number of nitrogens with zero attached hydrogens (tertiary/aromatic N) is 1. The molecule has 120 valence electrons. The molecule has 1 heterocycles. The van der Waals surface area contributed by atoms with Crippen molar-refractivity contribution in [2.45, 2.75) is 46.6 Å². The van der Waals surface area contributed by atoms with Crippen LogP contribution >= 0.6 is 0 Å². The Bertz CT molecular complexity index is 691. The summed E-state index contributed by atoms with van der Waals surface area (Å²) in [6.45, 7) is 9.00. The van der Waals surface area contributed by atoms with Gasteiger partial charge in [0.15, 0.2) is 0 Å². The number of hydrogen-bond donors (Lipinski definition) is 1. The smallest absolute Gasteiger partial charge is 0.336 e.